The fraction of sp³-hybridized carbons (Fsp3) is 0.222. The van der Waals surface area contributed by atoms with E-state index in [1.54, 1.807) is 6.07 Å². The monoisotopic (exact) mass is 218 g/mol. The van der Waals surface area contributed by atoms with Gasteiger partial charge in [0.25, 0.3) is 5.24 Å². The molecule has 0 aliphatic rings. The molecular weight excluding hydrogens is 211 g/mol. The Morgan fingerprint density at radius 3 is 2.54 bits per heavy atom. The molecule has 0 bridgehead atoms. The van der Waals surface area contributed by atoms with Crippen molar-refractivity contribution in [3.63, 3.8) is 0 Å². The number of ether oxygens (including phenoxy) is 1. The van der Waals surface area contributed by atoms with Gasteiger partial charge >= 0.3 is 0 Å². The number of hydrogen-bond acceptors (Lipinski definition) is 2. The van der Waals surface area contributed by atoms with E-state index >= 15 is 0 Å². The zero-order chi connectivity index (χ0) is 10.0. The summed E-state index contributed by atoms with van der Waals surface area (Å²) in [6.45, 7) is 1.81. The van der Waals surface area contributed by atoms with E-state index < -0.39 is 5.24 Å². The van der Waals surface area contributed by atoms with E-state index in [0.29, 0.717) is 16.3 Å². The molecule has 0 fully saturated rings. The van der Waals surface area contributed by atoms with Crippen molar-refractivity contribution in [2.24, 2.45) is 0 Å². The van der Waals surface area contributed by atoms with Gasteiger partial charge in [0.2, 0.25) is 0 Å². The second-order valence-corrected chi connectivity index (χ2v) is 3.31. The summed E-state index contributed by atoms with van der Waals surface area (Å²) in [5, 5.41) is -0.0662. The number of rotatable bonds is 2. The summed E-state index contributed by atoms with van der Waals surface area (Å²) in [7, 11) is 1.52. The van der Waals surface area contributed by atoms with E-state index in [2.05, 4.69) is 0 Å². The average molecular weight is 219 g/mol. The van der Waals surface area contributed by atoms with Crippen LogP contribution in [0.3, 0.4) is 0 Å². The number of hydrogen-bond donors (Lipinski definition) is 0. The van der Waals surface area contributed by atoms with Crippen molar-refractivity contribution in [2.75, 3.05) is 7.11 Å². The molecule has 0 aromatic heterocycles. The van der Waals surface area contributed by atoms with E-state index in [1.165, 1.54) is 13.2 Å². The third-order valence-electron chi connectivity index (χ3n) is 1.74. The van der Waals surface area contributed by atoms with Crippen molar-refractivity contribution in [3.8, 4) is 5.75 Å². The van der Waals surface area contributed by atoms with Crippen LogP contribution in [0, 0.1) is 6.92 Å². The lowest BCUT2D eigenvalue weighted by Crippen LogP contribution is -1.94. The smallest absolute Gasteiger partial charge is 0.252 e. The van der Waals surface area contributed by atoms with Gasteiger partial charge in [-0.3, -0.25) is 4.79 Å². The van der Waals surface area contributed by atoms with Gasteiger partial charge in [0.05, 0.1) is 7.11 Å². The van der Waals surface area contributed by atoms with Gasteiger partial charge in [-0.2, -0.15) is 0 Å². The average Bonchev–Trinajstić information content (AvgIpc) is 2.09. The first kappa shape index (κ1) is 10.4. The van der Waals surface area contributed by atoms with Crippen LogP contribution in [-0.4, -0.2) is 12.4 Å². The highest BCUT2D eigenvalue weighted by Gasteiger charge is 2.09. The molecule has 0 amide bonds. The molecule has 4 heteroatoms. The number of carbonyl (C=O) groups is 1. The Bertz CT molecular complexity index is 348. The molecule has 0 heterocycles. The van der Waals surface area contributed by atoms with Gasteiger partial charge in [-0.05, 0) is 30.7 Å². The second kappa shape index (κ2) is 3.99. The van der Waals surface area contributed by atoms with Crippen LogP contribution < -0.4 is 4.74 Å². The largest absolute Gasteiger partial charge is 0.496 e. The lowest BCUT2D eigenvalue weighted by Gasteiger charge is -2.07. The van der Waals surface area contributed by atoms with Gasteiger partial charge in [-0.1, -0.05) is 11.6 Å². The van der Waals surface area contributed by atoms with Crippen molar-refractivity contribution in [1.82, 2.24) is 0 Å². The van der Waals surface area contributed by atoms with Gasteiger partial charge < -0.3 is 4.74 Å². The summed E-state index contributed by atoms with van der Waals surface area (Å²) in [5.74, 6) is 0.566. The molecule has 0 unspecified atom stereocenters. The maximum atomic E-state index is 10.8. The summed E-state index contributed by atoms with van der Waals surface area (Å²) in [5.41, 5.74) is 1.14. The predicted molar refractivity (Wildman–Crippen MR) is 52.9 cm³/mol. The first-order chi connectivity index (χ1) is 6.06. The Morgan fingerprint density at radius 2 is 2.08 bits per heavy atom. The first-order valence-corrected chi connectivity index (χ1v) is 4.36. The molecule has 0 radical (unpaired) electrons. The van der Waals surface area contributed by atoms with E-state index in [4.69, 9.17) is 27.9 Å². The fourth-order valence-corrected chi connectivity index (χ4v) is 1.30. The molecular formula is C9H8Cl2O2. The molecule has 1 rings (SSSR count). The maximum Gasteiger partial charge on any atom is 0.252 e. The van der Waals surface area contributed by atoms with Crippen LogP contribution in [0.25, 0.3) is 0 Å². The van der Waals surface area contributed by atoms with Crippen LogP contribution in [0.2, 0.25) is 5.02 Å². The molecule has 0 spiro atoms. The number of carbonyl (C=O) groups excluding carboxylic acids is 1. The summed E-state index contributed by atoms with van der Waals surface area (Å²) in [6.07, 6.45) is 0. The summed E-state index contributed by atoms with van der Waals surface area (Å²) >= 11 is 11.2. The van der Waals surface area contributed by atoms with Crippen LogP contribution in [0.5, 0.6) is 5.75 Å². The molecule has 1 aromatic carbocycles. The SMILES string of the molecule is COc1cc(C(=O)Cl)cc(Cl)c1C. The van der Waals surface area contributed by atoms with Crippen LogP contribution in [-0.2, 0) is 0 Å². The van der Waals surface area contributed by atoms with Gasteiger partial charge in [0.1, 0.15) is 5.75 Å². The third-order valence-corrected chi connectivity index (χ3v) is 2.35. The van der Waals surface area contributed by atoms with Gasteiger partial charge in [-0.25, -0.2) is 0 Å². The molecule has 0 N–H and O–H groups in total. The van der Waals surface area contributed by atoms with E-state index in [1.807, 2.05) is 6.92 Å². The minimum absolute atomic E-state index is 0.342. The molecule has 13 heavy (non-hydrogen) atoms. The van der Waals surface area contributed by atoms with Gasteiger partial charge in [0, 0.05) is 16.1 Å². The topological polar surface area (TPSA) is 26.3 Å². The molecule has 0 saturated carbocycles. The van der Waals surface area contributed by atoms with Gasteiger partial charge in [0.15, 0.2) is 0 Å². The highest BCUT2D eigenvalue weighted by molar-refractivity contribution is 6.67. The third kappa shape index (κ3) is 2.14. The molecule has 0 aliphatic heterocycles. The fourth-order valence-electron chi connectivity index (χ4n) is 0.979. The van der Waals surface area contributed by atoms with Crippen LogP contribution in [0.15, 0.2) is 12.1 Å². The maximum absolute atomic E-state index is 10.8. The summed E-state index contributed by atoms with van der Waals surface area (Å²) in [6, 6.07) is 3.09. The Labute approximate surface area is 86.4 Å². The zero-order valence-electron chi connectivity index (χ0n) is 7.23. The van der Waals surface area contributed by atoms with Gasteiger partial charge in [-0.15, -0.1) is 0 Å². The van der Waals surface area contributed by atoms with Crippen molar-refractivity contribution in [3.05, 3.63) is 28.3 Å². The van der Waals surface area contributed by atoms with E-state index in [-0.39, 0.29) is 0 Å². The van der Waals surface area contributed by atoms with Crippen molar-refractivity contribution in [1.29, 1.82) is 0 Å². The van der Waals surface area contributed by atoms with Crippen molar-refractivity contribution in [2.45, 2.75) is 6.92 Å². The predicted octanol–water partition coefficient (Wildman–Crippen LogP) is 3.04. The van der Waals surface area contributed by atoms with Crippen molar-refractivity contribution >= 4 is 28.4 Å². The molecule has 0 atom stereocenters. The molecule has 70 valence electrons. The second-order valence-electron chi connectivity index (χ2n) is 2.56. The minimum Gasteiger partial charge on any atom is -0.496 e. The highest BCUT2D eigenvalue weighted by Crippen LogP contribution is 2.27. The number of methoxy groups -OCH3 is 1. The molecule has 0 saturated heterocycles. The Morgan fingerprint density at radius 1 is 1.46 bits per heavy atom. The first-order valence-electron chi connectivity index (χ1n) is 3.60. The van der Waals surface area contributed by atoms with Crippen LogP contribution >= 0.6 is 23.2 Å². The molecule has 0 aliphatic carbocycles. The lowest BCUT2D eigenvalue weighted by molar-refractivity contribution is 0.108. The normalized spacial score (nSPS) is 9.85. The Balaban J connectivity index is 3.30. The number of benzene rings is 1. The number of halogens is 2. The zero-order valence-corrected chi connectivity index (χ0v) is 8.74. The quantitative estimate of drug-likeness (QED) is 0.714. The van der Waals surface area contributed by atoms with Crippen LogP contribution in [0.4, 0.5) is 0 Å². The standard InChI is InChI=1S/C9H8Cl2O2/c1-5-7(10)3-6(9(11)12)4-8(5)13-2/h3-4H,1-2H3. The van der Waals surface area contributed by atoms with Crippen molar-refractivity contribution < 1.29 is 9.53 Å². The highest BCUT2D eigenvalue weighted by atomic mass is 35.5. The molecule has 1 aromatic rings. The Hall–Kier alpha value is -0.730. The lowest BCUT2D eigenvalue weighted by atomic mass is 10.1. The summed E-state index contributed by atoms with van der Waals surface area (Å²) in [4.78, 5) is 10.8. The van der Waals surface area contributed by atoms with E-state index in [9.17, 15) is 4.79 Å². The molecule has 2 nitrogen and oxygen atoms in total. The minimum atomic E-state index is -0.541. The van der Waals surface area contributed by atoms with E-state index in [0.717, 1.165) is 5.56 Å². The van der Waals surface area contributed by atoms with Crippen LogP contribution in [0.1, 0.15) is 15.9 Å². The summed E-state index contributed by atoms with van der Waals surface area (Å²) < 4.78 is 5.02. The Kier molecular flexibility index (Phi) is 3.17.